The van der Waals surface area contributed by atoms with Gasteiger partial charge in [0.1, 0.15) is 6.33 Å². The van der Waals surface area contributed by atoms with Gasteiger partial charge >= 0.3 is 0 Å². The minimum Gasteiger partial charge on any atom is -0.369 e. The van der Waals surface area contributed by atoms with E-state index in [2.05, 4.69) is 42.9 Å². The van der Waals surface area contributed by atoms with Crippen molar-refractivity contribution in [3.8, 4) is 0 Å². The Morgan fingerprint density at radius 1 is 0.800 bits per heavy atom. The van der Waals surface area contributed by atoms with Gasteiger partial charge in [-0.05, 0) is 44.1 Å². The average Bonchev–Trinajstić information content (AvgIpc) is 2.95. The molecule has 0 bridgehead atoms. The molecule has 1 aromatic carbocycles. The van der Waals surface area contributed by atoms with Gasteiger partial charge in [-0.25, -0.2) is 9.97 Å². The van der Waals surface area contributed by atoms with E-state index < -0.39 is 0 Å². The van der Waals surface area contributed by atoms with Crippen molar-refractivity contribution in [2.75, 3.05) is 57.3 Å². The molecule has 0 aliphatic carbocycles. The highest BCUT2D eigenvalue weighted by atomic mass is 15.3. The molecule has 0 spiro atoms. The third kappa shape index (κ3) is 4.28. The summed E-state index contributed by atoms with van der Waals surface area (Å²) in [4.78, 5) is 16.3. The summed E-state index contributed by atoms with van der Waals surface area (Å²) in [7, 11) is 0. The van der Waals surface area contributed by atoms with Crippen LogP contribution in [-0.4, -0.2) is 72.1 Å². The third-order valence-electron chi connectivity index (χ3n) is 5.66. The molecular formula is C20H29N5. The Bertz CT molecular complexity index is 673. The fourth-order valence-electron chi connectivity index (χ4n) is 4.04. The maximum absolute atomic E-state index is 4.31. The number of aromatic nitrogens is 2. The molecule has 2 aliphatic heterocycles. The van der Waals surface area contributed by atoms with E-state index in [0.29, 0.717) is 0 Å². The molecule has 25 heavy (non-hydrogen) atoms. The second-order valence-electron chi connectivity index (χ2n) is 7.35. The van der Waals surface area contributed by atoms with Crippen LogP contribution in [0.4, 0.5) is 5.69 Å². The van der Waals surface area contributed by atoms with Crippen molar-refractivity contribution in [3.05, 3.63) is 30.7 Å². The highest BCUT2D eigenvalue weighted by Crippen LogP contribution is 2.21. The van der Waals surface area contributed by atoms with Crippen molar-refractivity contribution in [1.29, 1.82) is 0 Å². The largest absolute Gasteiger partial charge is 0.369 e. The van der Waals surface area contributed by atoms with Crippen LogP contribution in [0.2, 0.25) is 0 Å². The second-order valence-corrected chi connectivity index (χ2v) is 7.35. The van der Waals surface area contributed by atoms with Crippen LogP contribution in [0.25, 0.3) is 10.9 Å². The van der Waals surface area contributed by atoms with Gasteiger partial charge in [0.15, 0.2) is 0 Å². The van der Waals surface area contributed by atoms with Gasteiger partial charge in [0.2, 0.25) is 0 Å². The van der Waals surface area contributed by atoms with Crippen LogP contribution in [0.15, 0.2) is 30.7 Å². The zero-order chi connectivity index (χ0) is 16.9. The molecule has 0 N–H and O–H groups in total. The highest BCUT2D eigenvalue weighted by Gasteiger charge is 2.18. The van der Waals surface area contributed by atoms with Crippen LogP contribution >= 0.6 is 0 Å². The predicted molar refractivity (Wildman–Crippen MR) is 103 cm³/mol. The van der Waals surface area contributed by atoms with Gasteiger partial charge in [-0.15, -0.1) is 0 Å². The average molecular weight is 339 g/mol. The molecule has 0 saturated carbocycles. The van der Waals surface area contributed by atoms with Crippen LogP contribution in [-0.2, 0) is 0 Å². The third-order valence-corrected chi connectivity index (χ3v) is 5.66. The van der Waals surface area contributed by atoms with Crippen LogP contribution in [0.3, 0.4) is 0 Å². The number of benzene rings is 1. The van der Waals surface area contributed by atoms with Gasteiger partial charge < -0.3 is 9.80 Å². The summed E-state index contributed by atoms with van der Waals surface area (Å²) < 4.78 is 0. The molecule has 4 rings (SSSR count). The fraction of sp³-hybridized carbons (Fsp3) is 0.600. The molecular weight excluding hydrogens is 310 g/mol. The summed E-state index contributed by atoms with van der Waals surface area (Å²) in [6.07, 6.45) is 9.14. The molecule has 5 nitrogen and oxygen atoms in total. The van der Waals surface area contributed by atoms with Crippen LogP contribution < -0.4 is 4.90 Å². The molecule has 2 aliphatic rings. The summed E-state index contributed by atoms with van der Waals surface area (Å²) in [6, 6.07) is 6.53. The molecule has 3 heterocycles. The summed E-state index contributed by atoms with van der Waals surface area (Å²) in [6.45, 7) is 9.62. The van der Waals surface area contributed by atoms with E-state index in [0.717, 1.165) is 37.1 Å². The number of anilines is 1. The van der Waals surface area contributed by atoms with Gasteiger partial charge in [0.25, 0.3) is 0 Å². The zero-order valence-corrected chi connectivity index (χ0v) is 15.1. The molecule has 134 valence electrons. The predicted octanol–water partition coefficient (Wildman–Crippen LogP) is 2.63. The van der Waals surface area contributed by atoms with Gasteiger partial charge in [-0.2, -0.15) is 0 Å². The van der Waals surface area contributed by atoms with Crippen molar-refractivity contribution in [2.24, 2.45) is 0 Å². The van der Waals surface area contributed by atoms with E-state index >= 15 is 0 Å². The first-order valence-corrected chi connectivity index (χ1v) is 9.78. The Morgan fingerprint density at radius 2 is 1.52 bits per heavy atom. The Morgan fingerprint density at radius 3 is 2.28 bits per heavy atom. The highest BCUT2D eigenvalue weighted by molar-refractivity contribution is 5.81. The minimum atomic E-state index is 1.02. The number of hydrogen-bond donors (Lipinski definition) is 0. The SMILES string of the molecule is c1ncc2cc(N3CCN(CCN4CCCCCC4)CC3)ccc2n1. The first-order valence-electron chi connectivity index (χ1n) is 9.78. The summed E-state index contributed by atoms with van der Waals surface area (Å²) in [5.41, 5.74) is 2.32. The second kappa shape index (κ2) is 8.11. The number of fused-ring (bicyclic) bond motifs is 1. The summed E-state index contributed by atoms with van der Waals surface area (Å²) >= 11 is 0. The van der Waals surface area contributed by atoms with Crippen LogP contribution in [0.5, 0.6) is 0 Å². The fourth-order valence-corrected chi connectivity index (χ4v) is 4.04. The van der Waals surface area contributed by atoms with Crippen molar-refractivity contribution >= 4 is 16.6 Å². The molecule has 1 aromatic heterocycles. The van der Waals surface area contributed by atoms with Crippen molar-refractivity contribution in [1.82, 2.24) is 19.8 Å². The number of hydrogen-bond acceptors (Lipinski definition) is 5. The van der Waals surface area contributed by atoms with E-state index in [1.165, 1.54) is 57.5 Å². The van der Waals surface area contributed by atoms with E-state index in [1.54, 1.807) is 6.33 Å². The Hall–Kier alpha value is -1.72. The number of nitrogens with zero attached hydrogens (tertiary/aromatic N) is 5. The molecule has 2 saturated heterocycles. The molecule has 0 unspecified atom stereocenters. The first kappa shape index (κ1) is 16.7. The zero-order valence-electron chi connectivity index (χ0n) is 15.1. The monoisotopic (exact) mass is 339 g/mol. The lowest BCUT2D eigenvalue weighted by molar-refractivity contribution is 0.200. The van der Waals surface area contributed by atoms with E-state index in [9.17, 15) is 0 Å². The van der Waals surface area contributed by atoms with Crippen molar-refractivity contribution in [2.45, 2.75) is 25.7 Å². The van der Waals surface area contributed by atoms with Crippen LogP contribution in [0, 0.1) is 0 Å². The van der Waals surface area contributed by atoms with Gasteiger partial charge in [-0.1, -0.05) is 12.8 Å². The Balaban J connectivity index is 1.28. The molecule has 5 heteroatoms. The van der Waals surface area contributed by atoms with E-state index in [4.69, 9.17) is 0 Å². The standard InChI is InChI=1S/C20H29N5/c1-2-4-8-23(7-3-1)9-10-24-11-13-25(14-12-24)19-5-6-20-18(15-19)16-21-17-22-20/h5-6,15-17H,1-4,7-14H2. The van der Waals surface area contributed by atoms with Gasteiger partial charge in [0, 0.05) is 56.5 Å². The normalized spacial score (nSPS) is 20.7. The number of likely N-dealkylation sites (tertiary alicyclic amines) is 1. The van der Waals surface area contributed by atoms with E-state index in [1.807, 2.05) is 6.20 Å². The summed E-state index contributed by atoms with van der Waals surface area (Å²) in [5.74, 6) is 0. The quantitative estimate of drug-likeness (QED) is 0.856. The van der Waals surface area contributed by atoms with E-state index in [-0.39, 0.29) is 0 Å². The minimum absolute atomic E-state index is 1.02. The molecule has 2 aromatic rings. The van der Waals surface area contributed by atoms with Crippen molar-refractivity contribution < 1.29 is 0 Å². The number of piperazine rings is 1. The molecule has 2 fully saturated rings. The lowest BCUT2D eigenvalue weighted by atomic mass is 10.2. The van der Waals surface area contributed by atoms with Crippen LogP contribution in [0.1, 0.15) is 25.7 Å². The maximum atomic E-state index is 4.31. The number of rotatable bonds is 4. The lowest BCUT2D eigenvalue weighted by Crippen LogP contribution is -2.48. The molecule has 0 atom stereocenters. The van der Waals surface area contributed by atoms with Gasteiger partial charge in [0.05, 0.1) is 5.52 Å². The Labute approximate surface area is 150 Å². The Kier molecular flexibility index (Phi) is 5.43. The maximum Gasteiger partial charge on any atom is 0.116 e. The van der Waals surface area contributed by atoms with Gasteiger partial charge in [-0.3, -0.25) is 4.90 Å². The molecule has 0 radical (unpaired) electrons. The summed E-state index contributed by atoms with van der Waals surface area (Å²) in [5, 5.41) is 1.13. The lowest BCUT2D eigenvalue weighted by Gasteiger charge is -2.37. The smallest absolute Gasteiger partial charge is 0.116 e. The molecule has 0 amide bonds. The topological polar surface area (TPSA) is 35.5 Å². The first-order chi connectivity index (χ1) is 12.4. The van der Waals surface area contributed by atoms with Crippen molar-refractivity contribution in [3.63, 3.8) is 0 Å².